The lowest BCUT2D eigenvalue weighted by molar-refractivity contribution is -0.143. The van der Waals surface area contributed by atoms with Gasteiger partial charge in [-0.3, -0.25) is 9.69 Å². The van der Waals surface area contributed by atoms with Crippen molar-refractivity contribution < 1.29 is 9.90 Å². The molecule has 4 heteroatoms. The van der Waals surface area contributed by atoms with Crippen LogP contribution in [0.15, 0.2) is 0 Å². The molecule has 0 heterocycles. The van der Waals surface area contributed by atoms with Crippen molar-refractivity contribution in [1.82, 2.24) is 4.90 Å². The smallest absolute Gasteiger partial charge is 0.320 e. The van der Waals surface area contributed by atoms with Crippen molar-refractivity contribution in [2.75, 3.05) is 19.6 Å². The fraction of sp³-hybridized carbons (Fsp3) is 0.950. The standard InChI is InChI=1S/C20H42N2O2/c1-3-5-7-9-11-13-17-22(19(15-16-21)20(23)24)18-14-12-10-8-6-4-2/h19H,3-18,21H2,1-2H3,(H,23,24). The van der Waals surface area contributed by atoms with Gasteiger partial charge in [-0.25, -0.2) is 0 Å². The molecule has 0 aliphatic rings. The van der Waals surface area contributed by atoms with Crippen LogP contribution in [0.1, 0.15) is 97.3 Å². The van der Waals surface area contributed by atoms with Crippen LogP contribution in [0.3, 0.4) is 0 Å². The van der Waals surface area contributed by atoms with E-state index in [-0.39, 0.29) is 0 Å². The lowest BCUT2D eigenvalue weighted by Gasteiger charge is -2.28. The Balaban J connectivity index is 4.19. The van der Waals surface area contributed by atoms with E-state index in [9.17, 15) is 9.90 Å². The summed E-state index contributed by atoms with van der Waals surface area (Å²) in [5, 5.41) is 9.52. The Morgan fingerprint density at radius 1 is 0.833 bits per heavy atom. The first-order valence-corrected chi connectivity index (χ1v) is 10.3. The minimum absolute atomic E-state index is 0.402. The highest BCUT2D eigenvalue weighted by atomic mass is 16.4. The minimum Gasteiger partial charge on any atom is -0.480 e. The number of nitrogens with zero attached hydrogens (tertiary/aromatic N) is 1. The summed E-state index contributed by atoms with van der Waals surface area (Å²) < 4.78 is 0. The second-order valence-electron chi connectivity index (χ2n) is 7.00. The van der Waals surface area contributed by atoms with Crippen LogP contribution in [0.4, 0.5) is 0 Å². The van der Waals surface area contributed by atoms with Gasteiger partial charge in [0.25, 0.3) is 0 Å². The molecular weight excluding hydrogens is 300 g/mol. The average molecular weight is 343 g/mol. The molecule has 1 unspecified atom stereocenters. The lowest BCUT2D eigenvalue weighted by Crippen LogP contribution is -2.43. The van der Waals surface area contributed by atoms with Crippen LogP contribution < -0.4 is 5.73 Å². The van der Waals surface area contributed by atoms with Gasteiger partial charge in [-0.2, -0.15) is 0 Å². The number of nitrogens with two attached hydrogens (primary N) is 1. The minimum atomic E-state index is -0.711. The second kappa shape index (κ2) is 17.2. The van der Waals surface area contributed by atoms with Crippen LogP contribution >= 0.6 is 0 Å². The van der Waals surface area contributed by atoms with Crippen molar-refractivity contribution in [2.45, 2.75) is 103 Å². The van der Waals surface area contributed by atoms with Crippen LogP contribution in [0.25, 0.3) is 0 Å². The van der Waals surface area contributed by atoms with Crippen LogP contribution in [-0.4, -0.2) is 41.7 Å². The molecule has 0 bridgehead atoms. The van der Waals surface area contributed by atoms with Gasteiger partial charge in [-0.05, 0) is 38.9 Å². The third kappa shape index (κ3) is 12.8. The molecule has 0 aromatic carbocycles. The first-order valence-electron chi connectivity index (χ1n) is 10.3. The normalized spacial score (nSPS) is 12.7. The van der Waals surface area contributed by atoms with Crippen molar-refractivity contribution in [1.29, 1.82) is 0 Å². The molecule has 1 atom stereocenters. The van der Waals surface area contributed by atoms with Gasteiger partial charge in [0, 0.05) is 0 Å². The maximum atomic E-state index is 11.6. The van der Waals surface area contributed by atoms with E-state index in [0.29, 0.717) is 13.0 Å². The second-order valence-corrected chi connectivity index (χ2v) is 7.00. The van der Waals surface area contributed by atoms with E-state index >= 15 is 0 Å². The van der Waals surface area contributed by atoms with Crippen LogP contribution in [0.2, 0.25) is 0 Å². The number of aliphatic carboxylic acids is 1. The van der Waals surface area contributed by atoms with Crippen molar-refractivity contribution in [3.05, 3.63) is 0 Å². The highest BCUT2D eigenvalue weighted by Crippen LogP contribution is 2.13. The fourth-order valence-corrected chi connectivity index (χ4v) is 3.23. The molecule has 0 saturated heterocycles. The average Bonchev–Trinajstić information content (AvgIpc) is 2.57. The van der Waals surface area contributed by atoms with Crippen molar-refractivity contribution in [3.8, 4) is 0 Å². The van der Waals surface area contributed by atoms with E-state index in [1.807, 2.05) is 0 Å². The Hall–Kier alpha value is -0.610. The van der Waals surface area contributed by atoms with E-state index in [1.165, 1.54) is 64.2 Å². The molecule has 144 valence electrons. The Kier molecular flexibility index (Phi) is 16.8. The molecule has 4 nitrogen and oxygen atoms in total. The van der Waals surface area contributed by atoms with Gasteiger partial charge in [-0.1, -0.05) is 78.1 Å². The zero-order valence-electron chi connectivity index (χ0n) is 16.3. The summed E-state index contributed by atoms with van der Waals surface area (Å²) in [6.45, 7) is 6.70. The van der Waals surface area contributed by atoms with Gasteiger partial charge in [0.15, 0.2) is 0 Å². The third-order valence-corrected chi connectivity index (χ3v) is 4.76. The van der Waals surface area contributed by atoms with E-state index in [1.54, 1.807) is 0 Å². The highest BCUT2D eigenvalue weighted by Gasteiger charge is 2.23. The summed E-state index contributed by atoms with van der Waals surface area (Å²) in [6, 6.07) is -0.402. The van der Waals surface area contributed by atoms with E-state index in [4.69, 9.17) is 5.73 Å². The quantitative estimate of drug-likeness (QED) is 0.351. The van der Waals surface area contributed by atoms with E-state index < -0.39 is 12.0 Å². The molecular formula is C20H42N2O2. The molecule has 24 heavy (non-hydrogen) atoms. The monoisotopic (exact) mass is 342 g/mol. The molecule has 0 aliphatic carbocycles. The maximum absolute atomic E-state index is 11.6. The van der Waals surface area contributed by atoms with E-state index in [2.05, 4.69) is 18.7 Å². The van der Waals surface area contributed by atoms with Gasteiger partial charge >= 0.3 is 5.97 Å². The molecule has 0 fully saturated rings. The SMILES string of the molecule is CCCCCCCCN(CCCCCCCC)C(CCN)C(=O)O. The molecule has 0 aliphatic heterocycles. The third-order valence-electron chi connectivity index (χ3n) is 4.76. The van der Waals surface area contributed by atoms with Gasteiger partial charge in [-0.15, -0.1) is 0 Å². The van der Waals surface area contributed by atoms with Gasteiger partial charge < -0.3 is 10.8 Å². The predicted molar refractivity (Wildman–Crippen MR) is 103 cm³/mol. The molecule has 0 aromatic rings. The van der Waals surface area contributed by atoms with Crippen LogP contribution in [0.5, 0.6) is 0 Å². The predicted octanol–water partition coefficient (Wildman–Crippen LogP) is 4.81. The Morgan fingerprint density at radius 2 is 1.25 bits per heavy atom. The topological polar surface area (TPSA) is 66.6 Å². The summed E-state index contributed by atoms with van der Waals surface area (Å²) >= 11 is 0. The molecule has 0 saturated carbocycles. The number of carboxylic acid groups (broad SMARTS) is 1. The van der Waals surface area contributed by atoms with Crippen molar-refractivity contribution in [2.24, 2.45) is 5.73 Å². The first-order chi connectivity index (χ1) is 11.7. The van der Waals surface area contributed by atoms with Gasteiger partial charge in [0.2, 0.25) is 0 Å². The van der Waals surface area contributed by atoms with Gasteiger partial charge in [0.05, 0.1) is 0 Å². The van der Waals surface area contributed by atoms with Crippen LogP contribution in [0, 0.1) is 0 Å². The lowest BCUT2D eigenvalue weighted by atomic mass is 10.1. The molecule has 3 N–H and O–H groups in total. The number of rotatable bonds is 18. The van der Waals surface area contributed by atoms with E-state index in [0.717, 1.165) is 25.9 Å². The van der Waals surface area contributed by atoms with Crippen LogP contribution in [-0.2, 0) is 4.79 Å². The fourth-order valence-electron chi connectivity index (χ4n) is 3.23. The molecule has 0 rings (SSSR count). The zero-order valence-corrected chi connectivity index (χ0v) is 16.3. The van der Waals surface area contributed by atoms with Crippen molar-refractivity contribution >= 4 is 5.97 Å². The molecule has 0 spiro atoms. The summed E-state index contributed by atoms with van der Waals surface area (Å²) in [5.41, 5.74) is 5.63. The zero-order chi connectivity index (χ0) is 18.0. The number of hydrogen-bond donors (Lipinski definition) is 2. The summed E-state index contributed by atoms with van der Waals surface area (Å²) in [5.74, 6) is -0.711. The highest BCUT2D eigenvalue weighted by molar-refractivity contribution is 5.73. The maximum Gasteiger partial charge on any atom is 0.320 e. The number of unbranched alkanes of at least 4 members (excludes halogenated alkanes) is 10. The number of hydrogen-bond acceptors (Lipinski definition) is 3. The molecule has 0 radical (unpaired) electrons. The van der Waals surface area contributed by atoms with Gasteiger partial charge in [0.1, 0.15) is 6.04 Å². The van der Waals surface area contributed by atoms with Crippen molar-refractivity contribution in [3.63, 3.8) is 0 Å². The number of carboxylic acids is 1. The number of carbonyl (C=O) groups is 1. The molecule has 0 aromatic heterocycles. The largest absolute Gasteiger partial charge is 0.480 e. The Labute approximate surface area is 150 Å². The first kappa shape index (κ1) is 23.4. The molecule has 0 amide bonds. The summed E-state index contributed by atoms with van der Waals surface area (Å²) in [4.78, 5) is 13.8. The Morgan fingerprint density at radius 3 is 1.62 bits per heavy atom. The summed E-state index contributed by atoms with van der Waals surface area (Å²) in [7, 11) is 0. The Bertz CT molecular complexity index is 269. The summed E-state index contributed by atoms with van der Waals surface area (Å²) in [6.07, 6.45) is 15.5.